The van der Waals surface area contributed by atoms with Crippen molar-refractivity contribution >= 4 is 11.8 Å². The van der Waals surface area contributed by atoms with Gasteiger partial charge in [0, 0.05) is 5.56 Å². The maximum absolute atomic E-state index is 11.9. The molecule has 0 heterocycles. The number of hydrogen-bond donors (Lipinski definition) is 2. The van der Waals surface area contributed by atoms with Gasteiger partial charge in [0.05, 0.1) is 19.7 Å². The molecule has 0 aliphatic carbocycles. The summed E-state index contributed by atoms with van der Waals surface area (Å²) in [6.45, 7) is 1.40. The number of carboxylic acids is 1. The van der Waals surface area contributed by atoms with Gasteiger partial charge in [-0.15, -0.1) is 0 Å². The molecule has 0 saturated carbocycles. The summed E-state index contributed by atoms with van der Waals surface area (Å²) >= 11 is 0. The predicted octanol–water partition coefficient (Wildman–Crippen LogP) is 0.941. The zero-order valence-electron chi connectivity index (χ0n) is 9.77. The number of carbonyl (C=O) groups excluding carboxylic acids is 1. The number of nitrogens with one attached hydrogen (secondary N) is 1. The lowest BCUT2D eigenvalue weighted by molar-refractivity contribution is -0.136. The Bertz CT molecular complexity index is 399. The fourth-order valence-corrected chi connectivity index (χ4v) is 1.34. The highest BCUT2D eigenvalue weighted by atomic mass is 16.5. The summed E-state index contributed by atoms with van der Waals surface area (Å²) in [7, 11) is 1.55. The van der Waals surface area contributed by atoms with Crippen molar-refractivity contribution in [3.05, 3.63) is 29.8 Å². The van der Waals surface area contributed by atoms with Gasteiger partial charge < -0.3 is 9.84 Å². The summed E-state index contributed by atoms with van der Waals surface area (Å²) in [5.74, 6) is -0.457. The molecule has 0 fully saturated rings. The number of rotatable bonds is 6. The molecule has 1 rings (SSSR count). The molecule has 0 aliphatic rings. The van der Waals surface area contributed by atoms with Crippen LogP contribution in [0.25, 0.3) is 0 Å². The van der Waals surface area contributed by atoms with Gasteiger partial charge in [0.25, 0.3) is 0 Å². The molecule has 0 aromatic heterocycles. The fraction of sp³-hybridized carbons (Fsp3) is 0.333. The normalized spacial score (nSPS) is 11.9. The number of ketones is 1. The van der Waals surface area contributed by atoms with E-state index in [-0.39, 0.29) is 12.3 Å². The number of ether oxygens (including phenoxy) is 1. The van der Waals surface area contributed by atoms with Crippen LogP contribution < -0.4 is 10.1 Å². The highest BCUT2D eigenvalue weighted by Gasteiger charge is 2.15. The zero-order chi connectivity index (χ0) is 12.8. The van der Waals surface area contributed by atoms with Crippen LogP contribution in [-0.4, -0.2) is 36.6 Å². The van der Waals surface area contributed by atoms with Crippen LogP contribution in [0, 0.1) is 0 Å². The number of Topliss-reactive ketones (excluding diaryl/α,β-unsaturated/α-hetero) is 1. The van der Waals surface area contributed by atoms with E-state index in [9.17, 15) is 9.59 Å². The van der Waals surface area contributed by atoms with E-state index in [4.69, 9.17) is 9.84 Å². The van der Waals surface area contributed by atoms with E-state index in [0.29, 0.717) is 11.3 Å². The van der Waals surface area contributed by atoms with Crippen LogP contribution in [0.3, 0.4) is 0 Å². The molecule has 1 aromatic carbocycles. The van der Waals surface area contributed by atoms with Crippen LogP contribution >= 0.6 is 0 Å². The molecule has 0 spiro atoms. The highest BCUT2D eigenvalue weighted by molar-refractivity contribution is 6.00. The third-order valence-electron chi connectivity index (χ3n) is 2.33. The molecule has 0 aliphatic heterocycles. The van der Waals surface area contributed by atoms with Gasteiger partial charge in [-0.25, -0.2) is 0 Å². The van der Waals surface area contributed by atoms with Crippen LogP contribution in [0.1, 0.15) is 17.3 Å². The number of methoxy groups -OCH3 is 1. The molecule has 5 nitrogen and oxygen atoms in total. The van der Waals surface area contributed by atoms with Crippen molar-refractivity contribution in [1.82, 2.24) is 5.32 Å². The smallest absolute Gasteiger partial charge is 0.317 e. The Balaban J connectivity index is 2.64. The first kappa shape index (κ1) is 13.2. The third kappa shape index (κ3) is 3.88. The minimum Gasteiger partial charge on any atom is -0.497 e. The van der Waals surface area contributed by atoms with Crippen LogP contribution in [-0.2, 0) is 4.79 Å². The van der Waals surface area contributed by atoms with E-state index in [0.717, 1.165) is 0 Å². The summed E-state index contributed by atoms with van der Waals surface area (Å²) in [6.07, 6.45) is 0. The van der Waals surface area contributed by atoms with Gasteiger partial charge in [-0.3, -0.25) is 14.9 Å². The maximum atomic E-state index is 11.9. The van der Waals surface area contributed by atoms with Gasteiger partial charge in [-0.05, 0) is 31.2 Å². The van der Waals surface area contributed by atoms with E-state index in [1.54, 1.807) is 38.3 Å². The average Bonchev–Trinajstić information content (AvgIpc) is 2.35. The van der Waals surface area contributed by atoms with Crippen LogP contribution in [0.2, 0.25) is 0 Å². The molecular formula is C12H15NO4. The molecule has 1 atom stereocenters. The Morgan fingerprint density at radius 1 is 1.35 bits per heavy atom. The number of aliphatic carboxylic acids is 1. The quantitative estimate of drug-likeness (QED) is 0.720. The minimum atomic E-state index is -0.987. The van der Waals surface area contributed by atoms with Crippen LogP contribution in [0.15, 0.2) is 24.3 Å². The topological polar surface area (TPSA) is 75.6 Å². The number of benzene rings is 1. The van der Waals surface area contributed by atoms with Crippen molar-refractivity contribution in [3.63, 3.8) is 0 Å². The van der Waals surface area contributed by atoms with Gasteiger partial charge in [0.2, 0.25) is 0 Å². The Morgan fingerprint density at radius 3 is 2.41 bits per heavy atom. The molecule has 0 bridgehead atoms. The first-order chi connectivity index (χ1) is 8.04. The highest BCUT2D eigenvalue weighted by Crippen LogP contribution is 2.12. The first-order valence-electron chi connectivity index (χ1n) is 5.18. The Kier molecular flexibility index (Phi) is 4.66. The standard InChI is InChI=1S/C12H15NO4/c1-8(13-7-11(14)15)12(16)9-3-5-10(17-2)6-4-9/h3-6,8,13H,7H2,1-2H3,(H,14,15). The molecule has 1 unspecified atom stereocenters. The van der Waals surface area contributed by atoms with E-state index >= 15 is 0 Å². The van der Waals surface area contributed by atoms with Crippen molar-refractivity contribution in [3.8, 4) is 5.75 Å². The lowest BCUT2D eigenvalue weighted by atomic mass is 10.1. The molecule has 92 valence electrons. The molecule has 17 heavy (non-hydrogen) atoms. The monoisotopic (exact) mass is 237 g/mol. The number of carboxylic acid groups (broad SMARTS) is 1. The van der Waals surface area contributed by atoms with Crippen molar-refractivity contribution in [1.29, 1.82) is 0 Å². The molecule has 2 N–H and O–H groups in total. The summed E-state index contributed by atoms with van der Waals surface area (Å²) in [5, 5.41) is 11.1. The summed E-state index contributed by atoms with van der Waals surface area (Å²) in [6, 6.07) is 6.16. The maximum Gasteiger partial charge on any atom is 0.317 e. The van der Waals surface area contributed by atoms with Gasteiger partial charge >= 0.3 is 5.97 Å². The largest absolute Gasteiger partial charge is 0.497 e. The second-order valence-corrected chi connectivity index (χ2v) is 3.59. The van der Waals surface area contributed by atoms with E-state index in [1.165, 1.54) is 0 Å². The van der Waals surface area contributed by atoms with E-state index in [2.05, 4.69) is 5.32 Å². The molecule has 0 saturated heterocycles. The van der Waals surface area contributed by atoms with Gasteiger partial charge in [0.1, 0.15) is 5.75 Å². The Labute approximate surface area is 99.4 Å². The Hall–Kier alpha value is -1.88. The van der Waals surface area contributed by atoms with Gasteiger partial charge in [0.15, 0.2) is 5.78 Å². The lowest BCUT2D eigenvalue weighted by Gasteiger charge is -2.11. The minimum absolute atomic E-state index is 0.145. The number of carbonyl (C=O) groups is 2. The van der Waals surface area contributed by atoms with Gasteiger partial charge in [-0.2, -0.15) is 0 Å². The second kappa shape index (κ2) is 6.00. The molecule has 0 radical (unpaired) electrons. The lowest BCUT2D eigenvalue weighted by Crippen LogP contribution is -2.37. The fourth-order valence-electron chi connectivity index (χ4n) is 1.34. The van der Waals surface area contributed by atoms with Gasteiger partial charge in [-0.1, -0.05) is 0 Å². The molecule has 1 aromatic rings. The molecule has 5 heteroatoms. The second-order valence-electron chi connectivity index (χ2n) is 3.59. The average molecular weight is 237 g/mol. The predicted molar refractivity (Wildman–Crippen MR) is 62.4 cm³/mol. The Morgan fingerprint density at radius 2 is 1.94 bits per heavy atom. The summed E-state index contributed by atoms with van der Waals surface area (Å²) < 4.78 is 4.98. The van der Waals surface area contributed by atoms with E-state index in [1.807, 2.05) is 0 Å². The van der Waals surface area contributed by atoms with Crippen LogP contribution in [0.4, 0.5) is 0 Å². The van der Waals surface area contributed by atoms with Crippen molar-refractivity contribution < 1.29 is 19.4 Å². The zero-order valence-corrected chi connectivity index (χ0v) is 9.77. The van der Waals surface area contributed by atoms with E-state index < -0.39 is 12.0 Å². The summed E-state index contributed by atoms with van der Waals surface area (Å²) in [4.78, 5) is 22.2. The molecular weight excluding hydrogens is 222 g/mol. The molecule has 0 amide bonds. The first-order valence-corrected chi connectivity index (χ1v) is 5.18. The SMILES string of the molecule is COc1ccc(C(=O)C(C)NCC(=O)O)cc1. The van der Waals surface area contributed by atoms with Crippen molar-refractivity contribution in [2.45, 2.75) is 13.0 Å². The summed E-state index contributed by atoms with van der Waals surface area (Å²) in [5.41, 5.74) is 0.524. The van der Waals surface area contributed by atoms with Crippen molar-refractivity contribution in [2.24, 2.45) is 0 Å². The van der Waals surface area contributed by atoms with Crippen molar-refractivity contribution in [2.75, 3.05) is 13.7 Å². The third-order valence-corrected chi connectivity index (χ3v) is 2.33. The number of hydrogen-bond acceptors (Lipinski definition) is 4. The van der Waals surface area contributed by atoms with Crippen LogP contribution in [0.5, 0.6) is 5.75 Å².